The second-order valence-corrected chi connectivity index (χ2v) is 6.00. The molecule has 0 bridgehead atoms. The minimum Gasteiger partial charge on any atom is -0.381 e. The molecule has 15 heavy (non-hydrogen) atoms. The van der Waals surface area contributed by atoms with Gasteiger partial charge < -0.3 is 11.1 Å². The minimum absolute atomic E-state index is 0.486. The Balaban J connectivity index is 2.22. The maximum absolute atomic E-state index is 5.62. The first-order chi connectivity index (χ1) is 7.20. The number of hydrogen-bond donors (Lipinski definition) is 2. The van der Waals surface area contributed by atoms with Gasteiger partial charge in [0.25, 0.3) is 0 Å². The van der Waals surface area contributed by atoms with Crippen LogP contribution in [0, 0.1) is 0 Å². The van der Waals surface area contributed by atoms with Gasteiger partial charge in [0.1, 0.15) is 0 Å². The van der Waals surface area contributed by atoms with Crippen LogP contribution < -0.4 is 11.1 Å². The quantitative estimate of drug-likeness (QED) is 0.878. The molecule has 0 fully saturated rings. The van der Waals surface area contributed by atoms with Gasteiger partial charge in [-0.25, -0.2) is 0 Å². The number of halogens is 1. The minimum atomic E-state index is 0.486. The summed E-state index contributed by atoms with van der Waals surface area (Å²) in [5.74, 6) is 0. The van der Waals surface area contributed by atoms with Gasteiger partial charge >= 0.3 is 0 Å². The smallest absolute Gasteiger partial charge is 0.0492 e. The van der Waals surface area contributed by atoms with Crippen molar-refractivity contribution >= 4 is 33.4 Å². The molecule has 2 unspecified atom stereocenters. The van der Waals surface area contributed by atoms with Crippen molar-refractivity contribution in [2.75, 3.05) is 11.9 Å². The van der Waals surface area contributed by atoms with Crippen molar-refractivity contribution in [2.24, 2.45) is 5.73 Å². The normalized spacial score (nSPS) is 24.5. The van der Waals surface area contributed by atoms with Crippen LogP contribution in [0.2, 0.25) is 0 Å². The fourth-order valence-corrected chi connectivity index (χ4v) is 3.40. The molecule has 82 valence electrons. The second-order valence-electron chi connectivity index (χ2n) is 3.81. The average Bonchev–Trinajstić information content (AvgIpc) is 2.20. The largest absolute Gasteiger partial charge is 0.381 e. The zero-order chi connectivity index (χ0) is 10.8. The molecule has 0 spiro atoms. The van der Waals surface area contributed by atoms with E-state index >= 15 is 0 Å². The summed E-state index contributed by atoms with van der Waals surface area (Å²) in [5, 5.41) is 4.12. The first-order valence-electron chi connectivity index (χ1n) is 5.13. The van der Waals surface area contributed by atoms with Crippen LogP contribution in [0.4, 0.5) is 5.69 Å². The van der Waals surface area contributed by atoms with Gasteiger partial charge in [0.15, 0.2) is 0 Å². The van der Waals surface area contributed by atoms with Crippen LogP contribution in [-0.4, -0.2) is 17.8 Å². The van der Waals surface area contributed by atoms with Gasteiger partial charge in [0.05, 0.1) is 0 Å². The zero-order valence-electron chi connectivity index (χ0n) is 8.66. The van der Waals surface area contributed by atoms with Crippen LogP contribution in [0.1, 0.15) is 13.3 Å². The van der Waals surface area contributed by atoms with Gasteiger partial charge in [-0.1, -0.05) is 15.9 Å². The maximum atomic E-state index is 5.62. The number of hydrogen-bond acceptors (Lipinski definition) is 3. The predicted octanol–water partition coefficient (Wildman–Crippen LogP) is 3.07. The van der Waals surface area contributed by atoms with Crippen molar-refractivity contribution in [2.45, 2.75) is 29.5 Å². The Morgan fingerprint density at radius 1 is 1.53 bits per heavy atom. The van der Waals surface area contributed by atoms with E-state index < -0.39 is 0 Å². The molecule has 0 aromatic heterocycles. The lowest BCUT2D eigenvalue weighted by Gasteiger charge is -2.31. The highest BCUT2D eigenvalue weighted by atomic mass is 79.9. The van der Waals surface area contributed by atoms with Crippen LogP contribution in [0.5, 0.6) is 0 Å². The second kappa shape index (κ2) is 4.76. The third-order valence-electron chi connectivity index (χ3n) is 2.61. The van der Waals surface area contributed by atoms with Gasteiger partial charge in [0.2, 0.25) is 0 Å². The molecular formula is C11H15BrN2S. The molecule has 0 saturated carbocycles. The van der Waals surface area contributed by atoms with E-state index in [1.54, 1.807) is 0 Å². The molecule has 1 heterocycles. The molecule has 1 aromatic carbocycles. The van der Waals surface area contributed by atoms with Crippen molar-refractivity contribution in [3.05, 3.63) is 22.7 Å². The zero-order valence-corrected chi connectivity index (χ0v) is 11.1. The van der Waals surface area contributed by atoms with Crippen molar-refractivity contribution < 1.29 is 0 Å². The van der Waals surface area contributed by atoms with E-state index in [0.29, 0.717) is 11.3 Å². The monoisotopic (exact) mass is 286 g/mol. The fourth-order valence-electron chi connectivity index (χ4n) is 1.79. The van der Waals surface area contributed by atoms with Gasteiger partial charge in [-0.3, -0.25) is 0 Å². The lowest BCUT2D eigenvalue weighted by Crippen LogP contribution is -2.33. The number of rotatable bonds is 2. The highest BCUT2D eigenvalue weighted by Gasteiger charge is 2.24. The number of thioether (sulfide) groups is 1. The van der Waals surface area contributed by atoms with Gasteiger partial charge in [-0.2, -0.15) is 0 Å². The Hall–Kier alpha value is -0.190. The molecule has 0 aliphatic carbocycles. The molecule has 3 N–H and O–H groups in total. The molecular weight excluding hydrogens is 272 g/mol. The summed E-state index contributed by atoms with van der Waals surface area (Å²) in [6.07, 6.45) is 1.06. The first-order valence-corrected chi connectivity index (χ1v) is 6.81. The van der Waals surface area contributed by atoms with Crippen LogP contribution in [0.25, 0.3) is 0 Å². The van der Waals surface area contributed by atoms with E-state index in [-0.39, 0.29) is 0 Å². The average molecular weight is 287 g/mol. The van der Waals surface area contributed by atoms with E-state index in [2.05, 4.69) is 46.4 Å². The van der Waals surface area contributed by atoms with Gasteiger partial charge in [-0.15, -0.1) is 11.8 Å². The van der Waals surface area contributed by atoms with Crippen molar-refractivity contribution in [1.82, 2.24) is 0 Å². The first kappa shape index (κ1) is 11.3. The lowest BCUT2D eigenvalue weighted by atomic mass is 10.1. The molecule has 0 radical (unpaired) electrons. The van der Waals surface area contributed by atoms with Crippen molar-refractivity contribution in [3.8, 4) is 0 Å². The van der Waals surface area contributed by atoms with E-state index in [0.717, 1.165) is 17.4 Å². The standard InChI is InChI=1S/C11H15BrN2S/c1-7-10(4-5-13)15-11-3-2-8(12)6-9(11)14-7/h2-3,6-7,10,14H,4-5,13H2,1H3. The topological polar surface area (TPSA) is 38.0 Å². The van der Waals surface area contributed by atoms with Gasteiger partial charge in [-0.05, 0) is 38.1 Å². The summed E-state index contributed by atoms with van der Waals surface area (Å²) < 4.78 is 1.12. The molecule has 2 atom stereocenters. The molecule has 1 aliphatic heterocycles. The van der Waals surface area contributed by atoms with Crippen molar-refractivity contribution in [1.29, 1.82) is 0 Å². The Morgan fingerprint density at radius 2 is 2.33 bits per heavy atom. The van der Waals surface area contributed by atoms with Crippen LogP contribution in [0.3, 0.4) is 0 Å². The van der Waals surface area contributed by atoms with Crippen LogP contribution >= 0.6 is 27.7 Å². The number of benzene rings is 1. The summed E-state index contributed by atoms with van der Waals surface area (Å²) in [4.78, 5) is 1.33. The molecule has 1 aliphatic rings. The molecule has 1 aromatic rings. The fraction of sp³-hybridized carbons (Fsp3) is 0.455. The van der Waals surface area contributed by atoms with Crippen LogP contribution in [-0.2, 0) is 0 Å². The summed E-state index contributed by atoms with van der Waals surface area (Å²) in [5.41, 5.74) is 6.85. The molecule has 4 heteroatoms. The third-order valence-corrected chi connectivity index (χ3v) is 4.66. The van der Waals surface area contributed by atoms with E-state index in [9.17, 15) is 0 Å². The number of anilines is 1. The lowest BCUT2D eigenvalue weighted by molar-refractivity contribution is 0.672. The Bertz CT molecular complexity index is 356. The summed E-state index contributed by atoms with van der Waals surface area (Å²) in [6.45, 7) is 2.98. The van der Waals surface area contributed by atoms with E-state index in [1.807, 2.05) is 11.8 Å². The van der Waals surface area contributed by atoms with E-state index in [1.165, 1.54) is 10.6 Å². The molecule has 2 rings (SSSR count). The Labute approximate surface area is 103 Å². The summed E-state index contributed by atoms with van der Waals surface area (Å²) >= 11 is 5.42. The number of nitrogens with one attached hydrogen (secondary N) is 1. The highest BCUT2D eigenvalue weighted by molar-refractivity contribution is 9.10. The molecule has 0 amide bonds. The number of fused-ring (bicyclic) bond motifs is 1. The summed E-state index contributed by atoms with van der Waals surface area (Å²) in [6, 6.07) is 6.87. The third kappa shape index (κ3) is 2.49. The Morgan fingerprint density at radius 3 is 3.07 bits per heavy atom. The Kier molecular flexibility index (Phi) is 3.59. The number of nitrogens with two attached hydrogens (primary N) is 1. The molecule has 2 nitrogen and oxygen atoms in total. The summed E-state index contributed by atoms with van der Waals surface area (Å²) in [7, 11) is 0. The van der Waals surface area contributed by atoms with E-state index in [4.69, 9.17) is 5.73 Å². The SMILES string of the molecule is CC1Nc2cc(Br)ccc2SC1CCN. The highest BCUT2D eigenvalue weighted by Crippen LogP contribution is 2.39. The predicted molar refractivity (Wildman–Crippen MR) is 70.5 cm³/mol. The maximum Gasteiger partial charge on any atom is 0.0492 e. The molecule has 0 saturated heterocycles. The van der Waals surface area contributed by atoms with Crippen molar-refractivity contribution in [3.63, 3.8) is 0 Å². The van der Waals surface area contributed by atoms with Crippen LogP contribution in [0.15, 0.2) is 27.6 Å². The van der Waals surface area contributed by atoms with Gasteiger partial charge in [0, 0.05) is 26.3 Å².